The van der Waals surface area contributed by atoms with Gasteiger partial charge in [-0.2, -0.15) is 0 Å². The molecule has 0 N–H and O–H groups in total. The average Bonchev–Trinajstić information content (AvgIpc) is 3.31. The Hall–Kier alpha value is -2.28. The maximum Gasteiger partial charge on any atom is 0.219 e. The van der Waals surface area contributed by atoms with Crippen LogP contribution in [0.4, 0.5) is 0 Å². The Morgan fingerprint density at radius 3 is 2.65 bits per heavy atom. The van der Waals surface area contributed by atoms with E-state index in [-0.39, 0.29) is 5.91 Å². The van der Waals surface area contributed by atoms with E-state index in [1.807, 2.05) is 28.8 Å². The molecule has 0 aromatic carbocycles. The fraction of sp³-hybridized carbons (Fsp3) is 0.579. The van der Waals surface area contributed by atoms with Crippen molar-refractivity contribution in [3.63, 3.8) is 0 Å². The van der Waals surface area contributed by atoms with Crippen LogP contribution in [0, 0.1) is 6.92 Å². The average molecular weight is 354 g/mol. The van der Waals surface area contributed by atoms with Gasteiger partial charge in [0.15, 0.2) is 5.82 Å². The first kappa shape index (κ1) is 17.1. The molecule has 4 heterocycles. The number of amides is 1. The Morgan fingerprint density at radius 1 is 1.15 bits per heavy atom. The standard InChI is InChI=1S/C19H26N6O/c1-14-21-7-11-24(14)19-13-20-12-17(22-19)18-4-3-8-25(18)16-5-9-23(10-6-16)15(2)26/h7,11-13,16,18H,3-6,8-10H2,1-2H3. The molecular weight excluding hydrogens is 328 g/mol. The van der Waals surface area contributed by atoms with Gasteiger partial charge in [0.1, 0.15) is 5.82 Å². The molecule has 2 saturated heterocycles. The third-order valence-corrected chi connectivity index (χ3v) is 5.73. The molecule has 2 aromatic heterocycles. The van der Waals surface area contributed by atoms with Crippen molar-refractivity contribution < 1.29 is 4.79 Å². The van der Waals surface area contributed by atoms with E-state index >= 15 is 0 Å². The summed E-state index contributed by atoms with van der Waals surface area (Å²) >= 11 is 0. The number of imidazole rings is 1. The highest BCUT2D eigenvalue weighted by molar-refractivity contribution is 5.73. The molecule has 1 unspecified atom stereocenters. The van der Waals surface area contributed by atoms with E-state index < -0.39 is 0 Å². The molecule has 26 heavy (non-hydrogen) atoms. The highest BCUT2D eigenvalue weighted by Crippen LogP contribution is 2.35. The monoisotopic (exact) mass is 354 g/mol. The van der Waals surface area contributed by atoms with Crippen LogP contribution in [-0.2, 0) is 4.79 Å². The minimum absolute atomic E-state index is 0.190. The van der Waals surface area contributed by atoms with Gasteiger partial charge in [-0.05, 0) is 39.2 Å². The first-order valence-electron chi connectivity index (χ1n) is 9.47. The summed E-state index contributed by atoms with van der Waals surface area (Å²) in [6, 6.07) is 0.846. The lowest BCUT2D eigenvalue weighted by atomic mass is 10.0. The molecule has 2 aliphatic heterocycles. The Bertz CT molecular complexity index is 780. The van der Waals surface area contributed by atoms with Crippen LogP contribution in [0.3, 0.4) is 0 Å². The van der Waals surface area contributed by atoms with Gasteiger partial charge >= 0.3 is 0 Å². The summed E-state index contributed by atoms with van der Waals surface area (Å²) in [4.78, 5) is 29.8. The summed E-state index contributed by atoms with van der Waals surface area (Å²) in [5, 5.41) is 0. The fourth-order valence-electron chi connectivity index (χ4n) is 4.32. The topological polar surface area (TPSA) is 67.2 Å². The van der Waals surface area contributed by atoms with E-state index in [1.54, 1.807) is 19.3 Å². The maximum atomic E-state index is 11.6. The Labute approximate surface area is 154 Å². The summed E-state index contributed by atoms with van der Waals surface area (Å²) in [6.45, 7) is 6.47. The quantitative estimate of drug-likeness (QED) is 0.845. The number of likely N-dealkylation sites (tertiary alicyclic amines) is 2. The van der Waals surface area contributed by atoms with Crippen molar-refractivity contribution in [2.75, 3.05) is 19.6 Å². The van der Waals surface area contributed by atoms with Gasteiger partial charge in [0.05, 0.1) is 24.1 Å². The summed E-state index contributed by atoms with van der Waals surface area (Å²) in [7, 11) is 0. The molecule has 0 spiro atoms. The van der Waals surface area contributed by atoms with Gasteiger partial charge < -0.3 is 4.90 Å². The van der Waals surface area contributed by atoms with E-state index in [1.165, 1.54) is 6.42 Å². The number of piperidine rings is 1. The zero-order chi connectivity index (χ0) is 18.1. The molecule has 0 bridgehead atoms. The molecule has 138 valence electrons. The molecular formula is C19H26N6O. The van der Waals surface area contributed by atoms with Crippen LogP contribution in [-0.4, -0.2) is 60.9 Å². The van der Waals surface area contributed by atoms with Gasteiger partial charge in [0.2, 0.25) is 5.91 Å². The lowest BCUT2D eigenvalue weighted by molar-refractivity contribution is -0.130. The predicted octanol–water partition coefficient (Wildman–Crippen LogP) is 2.12. The van der Waals surface area contributed by atoms with Crippen LogP contribution in [0.15, 0.2) is 24.8 Å². The first-order valence-corrected chi connectivity index (χ1v) is 9.47. The van der Waals surface area contributed by atoms with Crippen molar-refractivity contribution in [2.45, 2.75) is 51.6 Å². The summed E-state index contributed by atoms with van der Waals surface area (Å²) in [5.41, 5.74) is 1.04. The summed E-state index contributed by atoms with van der Waals surface area (Å²) < 4.78 is 1.97. The van der Waals surface area contributed by atoms with Gasteiger partial charge in [-0.15, -0.1) is 0 Å². The van der Waals surface area contributed by atoms with E-state index in [2.05, 4.69) is 14.9 Å². The highest BCUT2D eigenvalue weighted by atomic mass is 16.2. The van der Waals surface area contributed by atoms with Crippen LogP contribution in [0.5, 0.6) is 0 Å². The largest absolute Gasteiger partial charge is 0.343 e. The number of carbonyl (C=O) groups excluding carboxylic acids is 1. The molecule has 0 saturated carbocycles. The van der Waals surface area contributed by atoms with E-state index in [9.17, 15) is 4.79 Å². The van der Waals surface area contributed by atoms with E-state index in [0.717, 1.165) is 56.2 Å². The second-order valence-electron chi connectivity index (χ2n) is 7.28. The minimum atomic E-state index is 0.190. The first-order chi connectivity index (χ1) is 12.6. The zero-order valence-corrected chi connectivity index (χ0v) is 15.5. The van der Waals surface area contributed by atoms with Gasteiger partial charge in [0.25, 0.3) is 0 Å². The minimum Gasteiger partial charge on any atom is -0.343 e. The normalized spacial score (nSPS) is 22.1. The van der Waals surface area contributed by atoms with Crippen LogP contribution in [0.25, 0.3) is 5.82 Å². The molecule has 1 atom stereocenters. The van der Waals surface area contributed by atoms with Crippen molar-refractivity contribution in [1.29, 1.82) is 0 Å². The number of nitrogens with zero attached hydrogens (tertiary/aromatic N) is 6. The molecule has 2 aliphatic rings. The van der Waals surface area contributed by atoms with Crippen molar-refractivity contribution >= 4 is 5.91 Å². The van der Waals surface area contributed by atoms with Crippen molar-refractivity contribution in [3.8, 4) is 5.82 Å². The molecule has 1 amide bonds. The molecule has 2 fully saturated rings. The van der Waals surface area contributed by atoms with Crippen LogP contribution < -0.4 is 0 Å². The summed E-state index contributed by atoms with van der Waals surface area (Å²) in [6.07, 6.45) is 11.8. The Balaban J connectivity index is 1.52. The van der Waals surface area contributed by atoms with Crippen LogP contribution in [0.2, 0.25) is 0 Å². The molecule has 7 heteroatoms. The molecule has 7 nitrogen and oxygen atoms in total. The lowest BCUT2D eigenvalue weighted by Crippen LogP contribution is -2.46. The molecule has 2 aromatic rings. The van der Waals surface area contributed by atoms with Crippen LogP contribution in [0.1, 0.15) is 50.2 Å². The van der Waals surface area contributed by atoms with Crippen molar-refractivity contribution in [2.24, 2.45) is 0 Å². The molecule has 4 rings (SSSR count). The summed E-state index contributed by atoms with van der Waals surface area (Å²) in [5.74, 6) is 1.93. The van der Waals surface area contributed by atoms with Gasteiger partial charge in [-0.25, -0.2) is 9.97 Å². The number of aromatic nitrogens is 4. The van der Waals surface area contributed by atoms with E-state index in [4.69, 9.17) is 4.98 Å². The molecule has 0 radical (unpaired) electrons. The number of hydrogen-bond donors (Lipinski definition) is 0. The number of aryl methyl sites for hydroxylation is 1. The van der Waals surface area contributed by atoms with Gasteiger partial charge in [-0.3, -0.25) is 19.2 Å². The van der Waals surface area contributed by atoms with E-state index in [0.29, 0.717) is 12.1 Å². The van der Waals surface area contributed by atoms with Gasteiger partial charge in [-0.1, -0.05) is 0 Å². The third-order valence-electron chi connectivity index (χ3n) is 5.73. The maximum absolute atomic E-state index is 11.6. The van der Waals surface area contributed by atoms with Crippen molar-refractivity contribution in [3.05, 3.63) is 36.3 Å². The van der Waals surface area contributed by atoms with Crippen molar-refractivity contribution in [1.82, 2.24) is 29.3 Å². The van der Waals surface area contributed by atoms with Crippen LogP contribution >= 0.6 is 0 Å². The lowest BCUT2D eigenvalue weighted by Gasteiger charge is -2.39. The zero-order valence-electron chi connectivity index (χ0n) is 15.5. The number of carbonyl (C=O) groups is 1. The van der Waals surface area contributed by atoms with Gasteiger partial charge in [0, 0.05) is 38.4 Å². The second-order valence-corrected chi connectivity index (χ2v) is 7.28. The fourth-order valence-corrected chi connectivity index (χ4v) is 4.32. The Morgan fingerprint density at radius 2 is 1.96 bits per heavy atom. The molecule has 0 aliphatic carbocycles. The number of hydrogen-bond acceptors (Lipinski definition) is 5. The SMILES string of the molecule is CC(=O)N1CCC(N2CCCC2c2cncc(-n3ccnc3C)n2)CC1. The smallest absolute Gasteiger partial charge is 0.219 e. The predicted molar refractivity (Wildman–Crippen MR) is 97.8 cm³/mol. The second kappa shape index (κ2) is 7.15. The number of rotatable bonds is 3. The third kappa shape index (κ3) is 3.23. The Kier molecular flexibility index (Phi) is 4.72. The highest BCUT2D eigenvalue weighted by Gasteiger charge is 2.35.